The molecule has 1 aliphatic heterocycles. The van der Waals surface area contributed by atoms with Gasteiger partial charge in [0.1, 0.15) is 10.8 Å². The minimum Gasteiger partial charge on any atom is -0.457 e. The van der Waals surface area contributed by atoms with E-state index in [0.717, 1.165) is 16.0 Å². The molecule has 8 heteroatoms. The second-order valence-corrected chi connectivity index (χ2v) is 7.95. The van der Waals surface area contributed by atoms with Crippen LogP contribution in [0.2, 0.25) is 5.02 Å². The Morgan fingerprint density at radius 3 is 2.72 bits per heavy atom. The van der Waals surface area contributed by atoms with Crippen molar-refractivity contribution in [1.29, 1.82) is 0 Å². The first-order chi connectivity index (χ1) is 11.7. The molecule has 0 saturated carbocycles. The van der Waals surface area contributed by atoms with Crippen LogP contribution in [0.4, 0.5) is 5.69 Å². The topological polar surface area (TPSA) is 64.4 Å². The van der Waals surface area contributed by atoms with E-state index < -0.39 is 12.1 Å². The molecular formula is C17H16ClN3O3S. The van der Waals surface area contributed by atoms with Crippen LogP contribution in [-0.2, 0) is 10.2 Å². The lowest BCUT2D eigenvalue weighted by Gasteiger charge is -2.32. The highest BCUT2D eigenvalue weighted by Gasteiger charge is 2.38. The average molecular weight is 378 g/mol. The van der Waals surface area contributed by atoms with Crippen LogP contribution in [0, 0.1) is 12.3 Å². The minimum absolute atomic E-state index is 0.0539. The zero-order valence-corrected chi connectivity index (χ0v) is 15.5. The van der Waals surface area contributed by atoms with Gasteiger partial charge in [-0.1, -0.05) is 49.6 Å². The number of ether oxygens (including phenoxy) is 1. The maximum atomic E-state index is 12.9. The number of halogens is 1. The molecule has 1 amide bonds. The smallest absolute Gasteiger partial charge is 0.328 e. The van der Waals surface area contributed by atoms with Crippen LogP contribution in [0.25, 0.3) is 0 Å². The molecule has 1 aromatic carbocycles. The number of hydrogen-bond donors (Lipinski definition) is 0. The summed E-state index contributed by atoms with van der Waals surface area (Å²) in [5, 5.41) is 5.38. The zero-order chi connectivity index (χ0) is 18.4. The van der Waals surface area contributed by atoms with Crippen LogP contribution >= 0.6 is 22.9 Å². The highest BCUT2D eigenvalue weighted by Crippen LogP contribution is 2.38. The Balaban J connectivity index is 2.10. The fraction of sp³-hybridized carbons (Fsp3) is 0.353. The third-order valence-corrected chi connectivity index (χ3v) is 5.10. The molecule has 1 unspecified atom stereocenters. The molecule has 0 aliphatic carbocycles. The van der Waals surface area contributed by atoms with Gasteiger partial charge in [0.15, 0.2) is 0 Å². The first kappa shape index (κ1) is 17.5. The number of benzene rings is 1. The van der Waals surface area contributed by atoms with Crippen molar-refractivity contribution in [3.8, 4) is 18.1 Å². The van der Waals surface area contributed by atoms with E-state index in [9.17, 15) is 9.59 Å². The van der Waals surface area contributed by atoms with Crippen molar-refractivity contribution < 1.29 is 9.53 Å². The molecule has 0 fully saturated rings. The average Bonchev–Trinajstić information content (AvgIpc) is 2.92. The van der Waals surface area contributed by atoms with Gasteiger partial charge in [0, 0.05) is 16.5 Å². The normalized spacial score (nSPS) is 17.0. The van der Waals surface area contributed by atoms with E-state index in [0.29, 0.717) is 21.5 Å². The Morgan fingerprint density at radius 1 is 1.40 bits per heavy atom. The molecule has 130 valence electrons. The first-order valence-electron chi connectivity index (χ1n) is 7.53. The van der Waals surface area contributed by atoms with Crippen molar-refractivity contribution in [3.63, 3.8) is 0 Å². The van der Waals surface area contributed by atoms with E-state index in [2.05, 4.69) is 11.0 Å². The Bertz CT molecular complexity index is 936. The molecule has 1 aliphatic rings. The van der Waals surface area contributed by atoms with Gasteiger partial charge in [0.05, 0.1) is 12.2 Å². The molecule has 0 saturated heterocycles. The SMILES string of the molecule is C#CCN1C(=O)C(n2nc(C(C)(C)C)sc2=O)Oc2cc(Cl)ccc21. The summed E-state index contributed by atoms with van der Waals surface area (Å²) < 4.78 is 6.83. The lowest BCUT2D eigenvalue weighted by atomic mass is 9.98. The Morgan fingerprint density at radius 2 is 2.12 bits per heavy atom. The molecule has 3 rings (SSSR count). The molecule has 1 aromatic heterocycles. The number of amides is 1. The highest BCUT2D eigenvalue weighted by atomic mass is 35.5. The van der Waals surface area contributed by atoms with Gasteiger partial charge in [-0.25, -0.2) is 0 Å². The number of rotatable bonds is 2. The summed E-state index contributed by atoms with van der Waals surface area (Å²) in [6, 6.07) is 4.89. The van der Waals surface area contributed by atoms with Crippen LogP contribution in [-0.4, -0.2) is 22.2 Å². The number of carbonyl (C=O) groups excluding carboxylic acids is 1. The summed E-state index contributed by atoms with van der Waals surface area (Å²) in [4.78, 5) is 26.3. The maximum absolute atomic E-state index is 12.9. The summed E-state index contributed by atoms with van der Waals surface area (Å²) in [7, 11) is 0. The number of nitrogens with zero attached hydrogens (tertiary/aromatic N) is 3. The Hall–Kier alpha value is -2.30. The number of carbonyl (C=O) groups is 1. The van der Waals surface area contributed by atoms with Gasteiger partial charge in [0.25, 0.3) is 12.1 Å². The van der Waals surface area contributed by atoms with Crippen molar-refractivity contribution in [1.82, 2.24) is 9.78 Å². The number of aromatic nitrogens is 2. The van der Waals surface area contributed by atoms with E-state index in [4.69, 9.17) is 22.8 Å². The molecule has 0 bridgehead atoms. The second kappa shape index (κ2) is 6.21. The van der Waals surface area contributed by atoms with Gasteiger partial charge >= 0.3 is 4.87 Å². The fourth-order valence-corrected chi connectivity index (χ4v) is 3.37. The largest absolute Gasteiger partial charge is 0.457 e. The molecule has 2 heterocycles. The molecule has 6 nitrogen and oxygen atoms in total. The quantitative estimate of drug-likeness (QED) is 0.755. The van der Waals surface area contributed by atoms with E-state index in [1.54, 1.807) is 18.2 Å². The van der Waals surface area contributed by atoms with Crippen molar-refractivity contribution in [2.45, 2.75) is 32.4 Å². The Labute approximate surface area is 154 Å². The number of hydrogen-bond acceptors (Lipinski definition) is 5. The van der Waals surface area contributed by atoms with Crippen molar-refractivity contribution in [2.24, 2.45) is 0 Å². The van der Waals surface area contributed by atoms with Gasteiger partial charge in [-0.3, -0.25) is 14.5 Å². The molecule has 0 N–H and O–H groups in total. The molecule has 2 aromatic rings. The summed E-state index contributed by atoms with van der Waals surface area (Å²) >= 11 is 7.02. The van der Waals surface area contributed by atoms with E-state index in [-0.39, 0.29) is 16.8 Å². The third kappa shape index (κ3) is 3.15. The van der Waals surface area contributed by atoms with Crippen LogP contribution < -0.4 is 14.5 Å². The highest BCUT2D eigenvalue weighted by molar-refractivity contribution is 7.09. The van der Waals surface area contributed by atoms with Gasteiger partial charge in [-0.2, -0.15) is 9.78 Å². The first-order valence-corrected chi connectivity index (χ1v) is 8.73. The van der Waals surface area contributed by atoms with Crippen molar-refractivity contribution >= 4 is 34.5 Å². The lowest BCUT2D eigenvalue weighted by Crippen LogP contribution is -2.46. The minimum atomic E-state index is -1.21. The maximum Gasteiger partial charge on any atom is 0.328 e. The van der Waals surface area contributed by atoms with Crippen molar-refractivity contribution in [2.75, 3.05) is 11.4 Å². The van der Waals surface area contributed by atoms with Gasteiger partial charge in [-0.05, 0) is 12.1 Å². The lowest BCUT2D eigenvalue weighted by molar-refractivity contribution is -0.131. The van der Waals surface area contributed by atoms with Crippen LogP contribution in [0.15, 0.2) is 23.0 Å². The molecule has 0 spiro atoms. The summed E-state index contributed by atoms with van der Waals surface area (Å²) in [5.41, 5.74) is 0.204. The predicted molar refractivity (Wildman–Crippen MR) is 97.4 cm³/mol. The molecule has 0 radical (unpaired) electrons. The van der Waals surface area contributed by atoms with Crippen LogP contribution in [0.5, 0.6) is 5.75 Å². The molecular weight excluding hydrogens is 362 g/mol. The molecule has 25 heavy (non-hydrogen) atoms. The molecule has 1 atom stereocenters. The predicted octanol–water partition coefficient (Wildman–Crippen LogP) is 2.81. The standard InChI is InChI=1S/C17H16ClN3O3S/c1-5-8-20-11-7-6-10(18)9-12(11)24-14(13(20)22)21-16(23)25-15(19-21)17(2,3)4/h1,6-7,9,14H,8H2,2-4H3. The van der Waals surface area contributed by atoms with Gasteiger partial charge in [0.2, 0.25) is 0 Å². The summed E-state index contributed by atoms with van der Waals surface area (Å²) in [6.45, 7) is 5.88. The van der Waals surface area contributed by atoms with Crippen molar-refractivity contribution in [3.05, 3.63) is 37.9 Å². The Kier molecular flexibility index (Phi) is 4.35. The van der Waals surface area contributed by atoms with Crippen LogP contribution in [0.1, 0.15) is 32.0 Å². The van der Waals surface area contributed by atoms with Crippen LogP contribution in [0.3, 0.4) is 0 Å². The summed E-state index contributed by atoms with van der Waals surface area (Å²) in [6.07, 6.45) is 4.18. The van der Waals surface area contributed by atoms with Gasteiger partial charge in [-0.15, -0.1) is 6.42 Å². The monoisotopic (exact) mass is 377 g/mol. The van der Waals surface area contributed by atoms with Gasteiger partial charge < -0.3 is 4.74 Å². The van der Waals surface area contributed by atoms with E-state index in [1.807, 2.05) is 20.8 Å². The number of terminal acetylenes is 1. The fourth-order valence-electron chi connectivity index (χ4n) is 2.38. The number of anilines is 1. The number of fused-ring (bicyclic) bond motifs is 1. The zero-order valence-electron chi connectivity index (χ0n) is 13.9. The third-order valence-electron chi connectivity index (χ3n) is 3.61. The second-order valence-electron chi connectivity index (χ2n) is 6.58. The van der Waals surface area contributed by atoms with E-state index in [1.165, 1.54) is 4.90 Å². The van der Waals surface area contributed by atoms with E-state index >= 15 is 0 Å². The summed E-state index contributed by atoms with van der Waals surface area (Å²) in [5.74, 6) is 2.39.